The molecule has 2 atom stereocenters. The van der Waals surface area contributed by atoms with Gasteiger partial charge in [0.2, 0.25) is 0 Å². The van der Waals surface area contributed by atoms with Crippen LogP contribution in [0.15, 0.2) is 24.3 Å². The second kappa shape index (κ2) is 4.62. The van der Waals surface area contributed by atoms with Crippen LogP contribution in [-0.4, -0.2) is 0 Å². The zero-order valence-electron chi connectivity index (χ0n) is 10.9. The molecule has 1 aromatic carbocycles. The fourth-order valence-corrected chi connectivity index (χ4v) is 3.61. The SMILES string of the molecule is Cc1cc(C2C[C@@H](N)c3ccc(F)cc3O2)c(C)s1. The van der Waals surface area contributed by atoms with Crippen LogP contribution in [0.3, 0.4) is 0 Å². The fraction of sp³-hybridized carbons (Fsp3) is 0.333. The lowest BCUT2D eigenvalue weighted by Crippen LogP contribution is -2.24. The van der Waals surface area contributed by atoms with E-state index in [4.69, 9.17) is 10.5 Å². The minimum absolute atomic E-state index is 0.0748. The lowest BCUT2D eigenvalue weighted by Gasteiger charge is -2.30. The maximum atomic E-state index is 13.3. The molecule has 0 aliphatic carbocycles. The minimum atomic E-state index is -0.287. The van der Waals surface area contributed by atoms with Crippen molar-refractivity contribution in [3.63, 3.8) is 0 Å². The normalized spacial score (nSPS) is 21.9. The highest BCUT2D eigenvalue weighted by molar-refractivity contribution is 7.12. The molecule has 2 N–H and O–H groups in total. The summed E-state index contributed by atoms with van der Waals surface area (Å²) in [4.78, 5) is 2.50. The van der Waals surface area contributed by atoms with Crippen LogP contribution in [0.1, 0.15) is 39.4 Å². The maximum Gasteiger partial charge on any atom is 0.127 e. The van der Waals surface area contributed by atoms with E-state index in [0.717, 1.165) is 12.0 Å². The first-order valence-corrected chi connectivity index (χ1v) is 7.15. The zero-order chi connectivity index (χ0) is 13.6. The van der Waals surface area contributed by atoms with Crippen molar-refractivity contribution >= 4 is 11.3 Å². The predicted octanol–water partition coefficient (Wildman–Crippen LogP) is 4.03. The van der Waals surface area contributed by atoms with Crippen LogP contribution in [0.5, 0.6) is 5.75 Å². The molecule has 3 rings (SSSR count). The van der Waals surface area contributed by atoms with Crippen molar-refractivity contribution in [3.05, 3.63) is 51.0 Å². The van der Waals surface area contributed by atoms with Gasteiger partial charge in [-0.05, 0) is 26.0 Å². The second-order valence-corrected chi connectivity index (χ2v) is 6.46. The molecule has 0 spiro atoms. The first-order valence-electron chi connectivity index (χ1n) is 6.33. The molecule has 1 aliphatic heterocycles. The van der Waals surface area contributed by atoms with Gasteiger partial charge in [0.15, 0.2) is 0 Å². The first kappa shape index (κ1) is 12.6. The number of fused-ring (bicyclic) bond motifs is 1. The van der Waals surface area contributed by atoms with E-state index in [0.29, 0.717) is 5.75 Å². The third-order valence-corrected chi connectivity index (χ3v) is 4.52. The molecule has 100 valence electrons. The number of ether oxygens (including phenoxy) is 1. The van der Waals surface area contributed by atoms with Crippen LogP contribution in [0.4, 0.5) is 4.39 Å². The van der Waals surface area contributed by atoms with Crippen LogP contribution in [0, 0.1) is 19.7 Å². The molecule has 1 aliphatic rings. The lowest BCUT2D eigenvalue weighted by molar-refractivity contribution is 0.160. The van der Waals surface area contributed by atoms with Crippen molar-refractivity contribution in [2.75, 3.05) is 0 Å². The Morgan fingerprint density at radius 1 is 1.26 bits per heavy atom. The van der Waals surface area contributed by atoms with Gasteiger partial charge in [-0.1, -0.05) is 6.07 Å². The van der Waals surface area contributed by atoms with Crippen molar-refractivity contribution < 1.29 is 9.13 Å². The van der Waals surface area contributed by atoms with Gasteiger partial charge in [0, 0.05) is 39.4 Å². The topological polar surface area (TPSA) is 35.2 Å². The fourth-order valence-electron chi connectivity index (χ4n) is 2.64. The molecule has 2 nitrogen and oxygen atoms in total. The molecule has 0 amide bonds. The maximum absolute atomic E-state index is 13.3. The van der Waals surface area contributed by atoms with Crippen molar-refractivity contribution in [2.45, 2.75) is 32.4 Å². The summed E-state index contributed by atoms with van der Waals surface area (Å²) in [6.07, 6.45) is 0.657. The molecule has 0 fully saturated rings. The average Bonchev–Trinajstić information content (AvgIpc) is 2.67. The quantitative estimate of drug-likeness (QED) is 0.854. The smallest absolute Gasteiger partial charge is 0.127 e. The van der Waals surface area contributed by atoms with Crippen molar-refractivity contribution in [1.29, 1.82) is 0 Å². The summed E-state index contributed by atoms with van der Waals surface area (Å²) in [6, 6.07) is 6.62. The molecule has 1 unspecified atom stereocenters. The van der Waals surface area contributed by atoms with E-state index < -0.39 is 0 Å². The van der Waals surface area contributed by atoms with E-state index in [2.05, 4.69) is 19.9 Å². The van der Waals surface area contributed by atoms with Gasteiger partial charge in [-0.3, -0.25) is 0 Å². The van der Waals surface area contributed by atoms with Gasteiger partial charge >= 0.3 is 0 Å². The third-order valence-electron chi connectivity index (χ3n) is 3.54. The summed E-state index contributed by atoms with van der Waals surface area (Å²) in [6.45, 7) is 4.17. The number of hydrogen-bond donors (Lipinski definition) is 1. The summed E-state index contributed by atoms with van der Waals surface area (Å²) in [5.74, 6) is 0.289. The van der Waals surface area contributed by atoms with Gasteiger partial charge in [0.25, 0.3) is 0 Å². The Balaban J connectivity index is 1.98. The van der Waals surface area contributed by atoms with Crippen molar-refractivity contribution in [2.24, 2.45) is 5.73 Å². The van der Waals surface area contributed by atoms with Gasteiger partial charge in [0.05, 0.1) is 0 Å². The number of thiophene rings is 1. The molecule has 0 saturated heterocycles. The number of halogens is 1. The lowest BCUT2D eigenvalue weighted by atomic mass is 9.94. The Labute approximate surface area is 116 Å². The van der Waals surface area contributed by atoms with Gasteiger partial charge in [-0.25, -0.2) is 4.39 Å². The summed E-state index contributed by atoms with van der Waals surface area (Å²) in [5, 5.41) is 0. The summed E-state index contributed by atoms with van der Waals surface area (Å²) < 4.78 is 19.3. The Kier molecular flexibility index (Phi) is 3.07. The van der Waals surface area contributed by atoms with E-state index in [-0.39, 0.29) is 18.0 Å². The van der Waals surface area contributed by atoms with E-state index in [1.807, 2.05) is 0 Å². The van der Waals surface area contributed by atoms with Gasteiger partial charge in [-0.15, -0.1) is 11.3 Å². The Morgan fingerprint density at radius 2 is 2.05 bits per heavy atom. The Bertz CT molecular complexity index is 623. The molecule has 2 heterocycles. The monoisotopic (exact) mass is 277 g/mol. The van der Waals surface area contributed by atoms with Gasteiger partial charge < -0.3 is 10.5 Å². The molecular weight excluding hydrogens is 261 g/mol. The zero-order valence-corrected chi connectivity index (χ0v) is 11.8. The van der Waals surface area contributed by atoms with Gasteiger partial charge in [-0.2, -0.15) is 0 Å². The highest BCUT2D eigenvalue weighted by Gasteiger charge is 2.28. The first-order chi connectivity index (χ1) is 9.04. The highest BCUT2D eigenvalue weighted by atomic mass is 32.1. The molecule has 19 heavy (non-hydrogen) atoms. The van der Waals surface area contributed by atoms with Gasteiger partial charge in [0.1, 0.15) is 17.7 Å². The number of aryl methyl sites for hydroxylation is 2. The molecular formula is C15H16FNOS. The van der Waals surface area contributed by atoms with E-state index in [1.165, 1.54) is 27.5 Å². The summed E-state index contributed by atoms with van der Waals surface area (Å²) >= 11 is 1.75. The van der Waals surface area contributed by atoms with Crippen LogP contribution in [0.2, 0.25) is 0 Å². The molecule has 0 saturated carbocycles. The molecule has 2 aromatic rings. The minimum Gasteiger partial charge on any atom is -0.485 e. The molecule has 4 heteroatoms. The number of rotatable bonds is 1. The predicted molar refractivity (Wildman–Crippen MR) is 75.1 cm³/mol. The number of benzene rings is 1. The van der Waals surface area contributed by atoms with Crippen molar-refractivity contribution in [1.82, 2.24) is 0 Å². The largest absolute Gasteiger partial charge is 0.485 e. The third kappa shape index (κ3) is 2.26. The second-order valence-electron chi connectivity index (χ2n) is 5.00. The standard InChI is InChI=1S/C15H16FNOS/c1-8-5-12(9(2)19-8)15-7-13(17)11-4-3-10(16)6-14(11)18-15/h3-6,13,15H,7,17H2,1-2H3/t13-,15?/m1/s1. The Morgan fingerprint density at radius 3 is 2.74 bits per heavy atom. The number of nitrogens with two attached hydrogens (primary N) is 1. The van der Waals surface area contributed by atoms with E-state index >= 15 is 0 Å². The Hall–Kier alpha value is -1.39. The van der Waals surface area contributed by atoms with Crippen LogP contribution >= 0.6 is 11.3 Å². The number of hydrogen-bond acceptors (Lipinski definition) is 3. The van der Waals surface area contributed by atoms with Crippen molar-refractivity contribution in [3.8, 4) is 5.75 Å². The van der Waals surface area contributed by atoms with E-state index in [1.54, 1.807) is 17.4 Å². The van der Waals surface area contributed by atoms with Crippen LogP contribution in [-0.2, 0) is 0 Å². The molecule has 0 bridgehead atoms. The summed E-state index contributed by atoms with van der Waals surface area (Å²) in [5.41, 5.74) is 8.25. The average molecular weight is 277 g/mol. The van der Waals surface area contributed by atoms with E-state index in [9.17, 15) is 4.39 Å². The molecule has 0 radical (unpaired) electrons. The molecule has 1 aromatic heterocycles. The van der Waals surface area contributed by atoms with Crippen LogP contribution < -0.4 is 10.5 Å². The van der Waals surface area contributed by atoms with Crippen LogP contribution in [0.25, 0.3) is 0 Å². The summed E-state index contributed by atoms with van der Waals surface area (Å²) in [7, 11) is 0. The highest BCUT2D eigenvalue weighted by Crippen LogP contribution is 2.42.